The Morgan fingerprint density at radius 1 is 1.08 bits per heavy atom. The van der Waals surface area contributed by atoms with Crippen molar-refractivity contribution in [2.75, 3.05) is 13.2 Å². The number of carbonyl (C=O) groups is 3. The number of hydrogen-bond donors (Lipinski definition) is 0. The minimum Gasteiger partial charge on any atom is -0.465 e. The summed E-state index contributed by atoms with van der Waals surface area (Å²) in [5.74, 6) is -1.68. The number of ether oxygens (including phenoxy) is 3. The van der Waals surface area contributed by atoms with E-state index in [2.05, 4.69) is 0 Å². The molecule has 1 fully saturated rings. The van der Waals surface area contributed by atoms with Crippen LogP contribution in [0.3, 0.4) is 0 Å². The van der Waals surface area contributed by atoms with Crippen molar-refractivity contribution in [1.82, 2.24) is 4.90 Å². The van der Waals surface area contributed by atoms with Gasteiger partial charge in [0.25, 0.3) is 6.47 Å². The summed E-state index contributed by atoms with van der Waals surface area (Å²) in [6.45, 7) is 7.58. The highest BCUT2D eigenvalue weighted by Gasteiger charge is 2.55. The first-order valence-corrected chi connectivity index (χ1v) is 12.4. The molecule has 2 aromatic rings. The normalized spacial score (nSPS) is 19.1. The van der Waals surface area contributed by atoms with Crippen LogP contribution >= 0.6 is 12.2 Å². The van der Waals surface area contributed by atoms with Gasteiger partial charge in [0.1, 0.15) is 24.9 Å². The minimum atomic E-state index is -0.705. The van der Waals surface area contributed by atoms with Gasteiger partial charge in [-0.25, -0.2) is 0 Å². The molecule has 192 valence electrons. The monoisotopic (exact) mass is 511 g/mol. The SMILES string of the molecule is C[C@@H](C(=S)c1ccccc1)[C@@H]1[C@@H]([C@H](COC=O)OCc2ccccc2)C(=O)N1CC(=O)OC(C)(C)C. The molecule has 36 heavy (non-hydrogen) atoms. The van der Waals surface area contributed by atoms with E-state index in [9.17, 15) is 14.4 Å². The van der Waals surface area contributed by atoms with Crippen molar-refractivity contribution in [1.29, 1.82) is 0 Å². The highest BCUT2D eigenvalue weighted by molar-refractivity contribution is 7.80. The predicted octanol–water partition coefficient (Wildman–Crippen LogP) is 3.97. The van der Waals surface area contributed by atoms with Gasteiger partial charge in [0.2, 0.25) is 5.91 Å². The van der Waals surface area contributed by atoms with Crippen LogP contribution in [0.15, 0.2) is 60.7 Å². The molecule has 1 amide bonds. The van der Waals surface area contributed by atoms with E-state index in [1.165, 1.54) is 4.90 Å². The Hall–Kier alpha value is -3.10. The molecule has 0 bridgehead atoms. The third-order valence-corrected chi connectivity index (χ3v) is 6.64. The molecule has 7 nitrogen and oxygen atoms in total. The molecule has 4 atom stereocenters. The second-order valence-corrected chi connectivity index (χ2v) is 10.3. The van der Waals surface area contributed by atoms with E-state index in [4.69, 9.17) is 26.4 Å². The molecule has 1 aliphatic heterocycles. The van der Waals surface area contributed by atoms with Crippen LogP contribution in [0.1, 0.15) is 38.8 Å². The first-order chi connectivity index (χ1) is 17.1. The molecular formula is C28H33NO6S. The van der Waals surface area contributed by atoms with E-state index in [1.807, 2.05) is 67.6 Å². The average Bonchev–Trinajstić information content (AvgIpc) is 2.85. The molecule has 0 aromatic heterocycles. The van der Waals surface area contributed by atoms with Crippen molar-refractivity contribution >= 4 is 35.4 Å². The first-order valence-electron chi connectivity index (χ1n) is 11.9. The zero-order valence-electron chi connectivity index (χ0n) is 21.1. The van der Waals surface area contributed by atoms with Gasteiger partial charge in [0.05, 0.1) is 18.6 Å². The second-order valence-electron chi connectivity index (χ2n) is 9.85. The summed E-state index contributed by atoms with van der Waals surface area (Å²) in [6, 6.07) is 18.7. The maximum Gasteiger partial charge on any atom is 0.326 e. The van der Waals surface area contributed by atoms with E-state index in [-0.39, 0.29) is 31.6 Å². The Morgan fingerprint density at radius 3 is 2.28 bits per heavy atom. The van der Waals surface area contributed by atoms with Crippen LogP contribution in [0.2, 0.25) is 0 Å². The molecule has 0 N–H and O–H groups in total. The highest BCUT2D eigenvalue weighted by Crippen LogP contribution is 2.38. The lowest BCUT2D eigenvalue weighted by molar-refractivity contribution is -0.184. The molecule has 1 aliphatic rings. The fraction of sp³-hybridized carbons (Fsp3) is 0.429. The zero-order chi connectivity index (χ0) is 26.3. The van der Waals surface area contributed by atoms with Crippen LogP contribution in [-0.4, -0.2) is 59.0 Å². The summed E-state index contributed by atoms with van der Waals surface area (Å²) in [6.07, 6.45) is -0.705. The zero-order valence-corrected chi connectivity index (χ0v) is 21.9. The number of thiocarbonyl (C=S) groups is 1. The number of amides is 1. The predicted molar refractivity (Wildman–Crippen MR) is 139 cm³/mol. The van der Waals surface area contributed by atoms with Gasteiger partial charge in [-0.3, -0.25) is 14.4 Å². The van der Waals surface area contributed by atoms with E-state index in [0.29, 0.717) is 11.3 Å². The van der Waals surface area contributed by atoms with E-state index >= 15 is 0 Å². The third-order valence-electron chi connectivity index (χ3n) is 6.04. The van der Waals surface area contributed by atoms with Crippen molar-refractivity contribution in [3.8, 4) is 0 Å². The van der Waals surface area contributed by atoms with E-state index < -0.39 is 29.6 Å². The van der Waals surface area contributed by atoms with Crippen LogP contribution in [0.25, 0.3) is 0 Å². The number of esters is 1. The van der Waals surface area contributed by atoms with E-state index in [1.54, 1.807) is 20.8 Å². The van der Waals surface area contributed by atoms with Crippen molar-refractivity contribution in [2.45, 2.75) is 52.0 Å². The number of benzene rings is 2. The Labute approximate surface area is 217 Å². The Bertz CT molecular complexity index is 1050. The standard InChI is InChI=1S/C28H33NO6S/c1-19(26(36)21-13-9-6-10-14-21)25-24(27(32)29(25)15-23(31)35-28(2,3)4)22(17-33-18-30)34-16-20-11-7-5-8-12-20/h5-14,18-19,22,24-25H,15-17H2,1-4H3/t19-,22+,24-,25-/m1/s1. The molecule has 0 unspecified atom stereocenters. The number of likely N-dealkylation sites (tertiary alicyclic amines) is 1. The van der Waals surface area contributed by atoms with Crippen LogP contribution in [0.4, 0.5) is 0 Å². The lowest BCUT2D eigenvalue weighted by atomic mass is 9.74. The number of carbonyl (C=O) groups excluding carboxylic acids is 3. The highest BCUT2D eigenvalue weighted by atomic mass is 32.1. The molecule has 0 saturated carbocycles. The lowest BCUT2D eigenvalue weighted by Gasteiger charge is -2.52. The molecule has 1 heterocycles. The van der Waals surface area contributed by atoms with Crippen molar-refractivity contribution in [3.63, 3.8) is 0 Å². The van der Waals surface area contributed by atoms with Gasteiger partial charge in [-0.2, -0.15) is 0 Å². The third kappa shape index (κ3) is 6.98. The van der Waals surface area contributed by atoms with Crippen LogP contribution < -0.4 is 0 Å². The largest absolute Gasteiger partial charge is 0.465 e. The lowest BCUT2D eigenvalue weighted by Crippen LogP contribution is -2.69. The molecule has 3 rings (SSSR count). The van der Waals surface area contributed by atoms with Crippen molar-refractivity contribution < 1.29 is 28.6 Å². The summed E-state index contributed by atoms with van der Waals surface area (Å²) in [4.78, 5) is 39.2. The molecular weight excluding hydrogens is 478 g/mol. The second kappa shape index (κ2) is 12.2. The summed E-state index contributed by atoms with van der Waals surface area (Å²) in [5, 5.41) is 0. The maximum absolute atomic E-state index is 13.4. The fourth-order valence-electron chi connectivity index (χ4n) is 4.44. The number of hydrogen-bond acceptors (Lipinski definition) is 7. The van der Waals surface area contributed by atoms with E-state index in [0.717, 1.165) is 11.1 Å². The Kier molecular flexibility index (Phi) is 9.34. The fourth-order valence-corrected chi connectivity index (χ4v) is 4.72. The number of nitrogens with zero attached hydrogens (tertiary/aromatic N) is 1. The van der Waals surface area contributed by atoms with Gasteiger partial charge in [0.15, 0.2) is 0 Å². The van der Waals surface area contributed by atoms with Gasteiger partial charge in [0, 0.05) is 10.8 Å². The molecule has 1 saturated heterocycles. The van der Waals surface area contributed by atoms with Crippen molar-refractivity contribution in [3.05, 3.63) is 71.8 Å². The van der Waals surface area contributed by atoms with Crippen molar-refractivity contribution in [2.24, 2.45) is 11.8 Å². The number of rotatable bonds is 12. The quantitative estimate of drug-likeness (QED) is 0.140. The van der Waals surface area contributed by atoms with Crippen LogP contribution in [0.5, 0.6) is 0 Å². The smallest absolute Gasteiger partial charge is 0.326 e. The van der Waals surface area contributed by atoms with Crippen LogP contribution in [-0.2, 0) is 35.2 Å². The molecule has 0 aliphatic carbocycles. The summed E-state index contributed by atoms with van der Waals surface area (Å²) in [7, 11) is 0. The summed E-state index contributed by atoms with van der Waals surface area (Å²) in [5.41, 5.74) is 1.13. The Balaban J connectivity index is 1.86. The first kappa shape index (κ1) is 27.5. The number of β-lactam (4-membered cyclic amide) rings is 1. The molecule has 2 aromatic carbocycles. The summed E-state index contributed by atoms with van der Waals surface area (Å²) >= 11 is 5.80. The maximum atomic E-state index is 13.4. The van der Waals surface area contributed by atoms with Crippen LogP contribution in [0, 0.1) is 11.8 Å². The minimum absolute atomic E-state index is 0.0890. The van der Waals surface area contributed by atoms with Gasteiger partial charge >= 0.3 is 5.97 Å². The van der Waals surface area contributed by atoms with Gasteiger partial charge < -0.3 is 19.1 Å². The van der Waals surface area contributed by atoms with Gasteiger partial charge in [-0.15, -0.1) is 0 Å². The topological polar surface area (TPSA) is 82.1 Å². The summed E-state index contributed by atoms with van der Waals surface area (Å²) < 4.78 is 16.6. The van der Waals surface area contributed by atoms with Gasteiger partial charge in [-0.05, 0) is 31.9 Å². The molecule has 8 heteroatoms. The average molecular weight is 512 g/mol. The Morgan fingerprint density at radius 2 is 1.69 bits per heavy atom. The molecule has 0 radical (unpaired) electrons. The van der Waals surface area contributed by atoms with Gasteiger partial charge in [-0.1, -0.05) is 79.8 Å². The molecule has 0 spiro atoms.